The molecule has 0 heterocycles. The minimum Gasteiger partial charge on any atom is -0.550 e. The van der Waals surface area contributed by atoms with Crippen molar-refractivity contribution in [3.05, 3.63) is 12.2 Å². The van der Waals surface area contributed by atoms with Crippen LogP contribution >= 0.6 is 0 Å². The van der Waals surface area contributed by atoms with Crippen LogP contribution in [-0.4, -0.2) is 23.7 Å². The van der Waals surface area contributed by atoms with Crippen molar-refractivity contribution in [2.24, 2.45) is 5.92 Å². The number of nitrogens with one attached hydrogen (secondary N) is 1. The quantitative estimate of drug-likeness (QED) is 0.682. The summed E-state index contributed by atoms with van der Waals surface area (Å²) in [7, 11) is 0. The highest BCUT2D eigenvalue weighted by Crippen LogP contribution is 2.17. The molecule has 16 heavy (non-hydrogen) atoms. The van der Waals surface area contributed by atoms with Crippen LogP contribution in [0.3, 0.4) is 0 Å². The molecule has 2 atom stereocenters. The number of rotatable bonds is 2. The van der Waals surface area contributed by atoms with Gasteiger partial charge in [0.25, 0.3) is 0 Å². The zero-order valence-corrected chi connectivity index (χ0v) is 9.65. The van der Waals surface area contributed by atoms with Gasteiger partial charge >= 0.3 is 6.09 Å². The molecule has 0 saturated heterocycles. The van der Waals surface area contributed by atoms with Gasteiger partial charge in [-0.3, -0.25) is 0 Å². The van der Waals surface area contributed by atoms with Gasteiger partial charge in [0.2, 0.25) is 0 Å². The first-order valence-electron chi connectivity index (χ1n) is 5.16. The number of hydrogen-bond donors (Lipinski definition) is 1. The van der Waals surface area contributed by atoms with Crippen LogP contribution in [0.4, 0.5) is 4.79 Å². The number of ether oxygens (including phenoxy) is 1. The fourth-order valence-electron chi connectivity index (χ4n) is 1.44. The summed E-state index contributed by atoms with van der Waals surface area (Å²) in [4.78, 5) is 21.9. The van der Waals surface area contributed by atoms with Gasteiger partial charge in [-0.25, -0.2) is 4.79 Å². The fourth-order valence-corrected chi connectivity index (χ4v) is 1.44. The van der Waals surface area contributed by atoms with Crippen LogP contribution in [0, 0.1) is 5.92 Å². The Kier molecular flexibility index (Phi) is 3.57. The Morgan fingerprint density at radius 1 is 1.38 bits per heavy atom. The van der Waals surface area contributed by atoms with E-state index in [1.807, 2.05) is 0 Å². The predicted octanol–water partition coefficient (Wildman–Crippen LogP) is 0.206. The van der Waals surface area contributed by atoms with Crippen LogP contribution in [0.2, 0.25) is 0 Å². The van der Waals surface area contributed by atoms with Gasteiger partial charge in [-0.1, -0.05) is 12.2 Å². The molecule has 5 heteroatoms. The third-order valence-corrected chi connectivity index (χ3v) is 2.09. The standard InChI is InChI=1S/C11H17NO4/c1-11(2,3)16-10(15)12-8-5-4-7(6-8)9(13)14/h4-5,7-8H,6H2,1-3H3,(H,12,15)(H,13,14)/p-1/t7-,8+/m0/s1. The lowest BCUT2D eigenvalue weighted by Crippen LogP contribution is -2.39. The number of carbonyl (C=O) groups is 2. The zero-order chi connectivity index (χ0) is 12.3. The molecule has 0 aliphatic heterocycles. The molecule has 1 aliphatic carbocycles. The summed E-state index contributed by atoms with van der Waals surface area (Å²) in [5.41, 5.74) is -0.555. The van der Waals surface area contributed by atoms with Crippen LogP contribution in [0.5, 0.6) is 0 Å². The van der Waals surface area contributed by atoms with Crippen LogP contribution in [0.1, 0.15) is 27.2 Å². The molecule has 0 aromatic heterocycles. The Balaban J connectivity index is 2.38. The molecule has 90 valence electrons. The first kappa shape index (κ1) is 12.5. The minimum absolute atomic E-state index is 0.294. The summed E-state index contributed by atoms with van der Waals surface area (Å²) in [6.07, 6.45) is 2.95. The second-order valence-electron chi connectivity index (χ2n) is 4.80. The molecular formula is C11H16NO4-. The van der Waals surface area contributed by atoms with Crippen molar-refractivity contribution in [2.75, 3.05) is 0 Å². The van der Waals surface area contributed by atoms with Crippen molar-refractivity contribution in [1.29, 1.82) is 0 Å². The van der Waals surface area contributed by atoms with E-state index < -0.39 is 23.6 Å². The fraction of sp³-hybridized carbons (Fsp3) is 0.636. The second kappa shape index (κ2) is 4.55. The molecule has 5 nitrogen and oxygen atoms in total. The highest BCUT2D eigenvalue weighted by molar-refractivity contribution is 5.72. The van der Waals surface area contributed by atoms with Crippen LogP contribution in [-0.2, 0) is 9.53 Å². The zero-order valence-electron chi connectivity index (χ0n) is 9.65. The molecule has 1 N–H and O–H groups in total. The molecule has 0 saturated carbocycles. The summed E-state index contributed by atoms with van der Waals surface area (Å²) in [5, 5.41) is 13.1. The maximum atomic E-state index is 11.4. The van der Waals surface area contributed by atoms with E-state index >= 15 is 0 Å². The molecule has 0 radical (unpaired) electrons. The van der Waals surface area contributed by atoms with Crippen molar-refractivity contribution in [3.63, 3.8) is 0 Å². The van der Waals surface area contributed by atoms with Crippen molar-refractivity contribution in [2.45, 2.75) is 38.8 Å². The Bertz CT molecular complexity index is 316. The first-order chi connectivity index (χ1) is 7.28. The number of carboxylic acid groups (broad SMARTS) is 1. The Labute approximate surface area is 94.5 Å². The number of amides is 1. The van der Waals surface area contributed by atoms with Crippen molar-refractivity contribution in [1.82, 2.24) is 5.32 Å². The number of carboxylic acids is 1. The van der Waals surface area contributed by atoms with Gasteiger partial charge in [-0.2, -0.15) is 0 Å². The molecule has 0 fully saturated rings. The van der Waals surface area contributed by atoms with Crippen molar-refractivity contribution >= 4 is 12.1 Å². The van der Waals surface area contributed by atoms with E-state index in [0.717, 1.165) is 0 Å². The lowest BCUT2D eigenvalue weighted by molar-refractivity contribution is -0.309. The average Bonchev–Trinajstić information content (AvgIpc) is 2.48. The highest BCUT2D eigenvalue weighted by atomic mass is 16.6. The highest BCUT2D eigenvalue weighted by Gasteiger charge is 2.23. The van der Waals surface area contributed by atoms with E-state index in [1.165, 1.54) is 6.08 Å². The van der Waals surface area contributed by atoms with Gasteiger partial charge in [0.15, 0.2) is 0 Å². The van der Waals surface area contributed by atoms with E-state index in [0.29, 0.717) is 6.42 Å². The molecule has 1 aliphatic rings. The smallest absolute Gasteiger partial charge is 0.408 e. The molecule has 0 aromatic carbocycles. The monoisotopic (exact) mass is 226 g/mol. The lowest BCUT2D eigenvalue weighted by atomic mass is 10.1. The summed E-state index contributed by atoms with van der Waals surface area (Å²) in [6, 6.07) is -0.294. The van der Waals surface area contributed by atoms with Crippen LogP contribution in [0.25, 0.3) is 0 Å². The first-order valence-corrected chi connectivity index (χ1v) is 5.16. The van der Waals surface area contributed by atoms with Gasteiger partial charge in [0, 0.05) is 11.9 Å². The van der Waals surface area contributed by atoms with Gasteiger partial charge in [0.1, 0.15) is 5.60 Å². The molecular weight excluding hydrogens is 210 g/mol. The summed E-state index contributed by atoms with van der Waals surface area (Å²) in [5.74, 6) is -1.75. The van der Waals surface area contributed by atoms with Crippen LogP contribution in [0.15, 0.2) is 12.2 Å². The Morgan fingerprint density at radius 2 is 2.00 bits per heavy atom. The normalized spacial score (nSPS) is 24.2. The SMILES string of the molecule is CC(C)(C)OC(=O)N[C@@H]1C=C[C@H](C(=O)[O-])C1. The summed E-state index contributed by atoms with van der Waals surface area (Å²) in [6.45, 7) is 5.29. The number of hydrogen-bond acceptors (Lipinski definition) is 4. The maximum absolute atomic E-state index is 11.4. The Morgan fingerprint density at radius 3 is 2.44 bits per heavy atom. The average molecular weight is 226 g/mol. The van der Waals surface area contributed by atoms with Crippen molar-refractivity contribution in [3.8, 4) is 0 Å². The van der Waals surface area contributed by atoms with E-state index in [9.17, 15) is 14.7 Å². The van der Waals surface area contributed by atoms with E-state index in [2.05, 4.69) is 5.32 Å². The minimum atomic E-state index is -1.12. The third kappa shape index (κ3) is 3.92. The van der Waals surface area contributed by atoms with E-state index in [1.54, 1.807) is 26.8 Å². The van der Waals surface area contributed by atoms with Gasteiger partial charge < -0.3 is 20.0 Å². The van der Waals surface area contributed by atoms with Crippen LogP contribution < -0.4 is 10.4 Å². The molecule has 1 rings (SSSR count). The lowest BCUT2D eigenvalue weighted by Gasteiger charge is -2.21. The summed E-state index contributed by atoms with van der Waals surface area (Å²) >= 11 is 0. The largest absolute Gasteiger partial charge is 0.550 e. The summed E-state index contributed by atoms with van der Waals surface area (Å²) < 4.78 is 5.05. The van der Waals surface area contributed by atoms with E-state index in [4.69, 9.17) is 4.74 Å². The second-order valence-corrected chi connectivity index (χ2v) is 4.80. The molecule has 0 unspecified atom stereocenters. The molecule has 0 spiro atoms. The van der Waals surface area contributed by atoms with Gasteiger partial charge in [-0.15, -0.1) is 0 Å². The van der Waals surface area contributed by atoms with Gasteiger partial charge in [0.05, 0.1) is 6.04 Å². The molecule has 0 aromatic rings. The maximum Gasteiger partial charge on any atom is 0.408 e. The topological polar surface area (TPSA) is 78.5 Å². The van der Waals surface area contributed by atoms with E-state index in [-0.39, 0.29) is 6.04 Å². The third-order valence-electron chi connectivity index (χ3n) is 2.09. The molecule has 0 bridgehead atoms. The van der Waals surface area contributed by atoms with Crippen molar-refractivity contribution < 1.29 is 19.4 Å². The molecule has 1 amide bonds. The number of aliphatic carboxylic acids is 1. The van der Waals surface area contributed by atoms with Gasteiger partial charge in [-0.05, 0) is 27.2 Å². The Hall–Kier alpha value is -1.52. The number of alkyl carbamates (subject to hydrolysis) is 1. The number of carbonyl (C=O) groups excluding carboxylic acids is 2. The predicted molar refractivity (Wildman–Crippen MR) is 55.4 cm³/mol.